The molecule has 0 heterocycles. The molecule has 86 valence electrons. The zero-order chi connectivity index (χ0) is 12.1. The van der Waals surface area contributed by atoms with Crippen LogP contribution in [0.1, 0.15) is 24.9 Å². The second-order valence-electron chi connectivity index (χ2n) is 3.83. The minimum Gasteiger partial charge on any atom is -0.373 e. The first-order chi connectivity index (χ1) is 7.56. The van der Waals surface area contributed by atoms with E-state index in [9.17, 15) is 0 Å². The van der Waals surface area contributed by atoms with E-state index in [1.807, 2.05) is 32.2 Å². The number of hydrogen-bond acceptors (Lipinski definition) is 3. The van der Waals surface area contributed by atoms with E-state index >= 15 is 0 Å². The number of nitriles is 1. The fourth-order valence-electron chi connectivity index (χ4n) is 1.45. The van der Waals surface area contributed by atoms with Gasteiger partial charge in [-0.2, -0.15) is 5.26 Å². The van der Waals surface area contributed by atoms with Gasteiger partial charge in [-0.1, -0.05) is 6.07 Å². The van der Waals surface area contributed by atoms with Crippen LogP contribution in [0.4, 0.5) is 5.69 Å². The maximum atomic E-state index is 8.54. The molecule has 0 saturated carbocycles. The number of nitrogens with zero attached hydrogens (tertiary/aromatic N) is 2. The summed E-state index contributed by atoms with van der Waals surface area (Å²) in [6.07, 6.45) is 0.526. The molecule has 1 aromatic carbocycles. The molecule has 0 aliphatic rings. The van der Waals surface area contributed by atoms with Crippen molar-refractivity contribution in [3.63, 3.8) is 0 Å². The van der Waals surface area contributed by atoms with Gasteiger partial charge < -0.3 is 10.6 Å². The number of hydrogen-bond donors (Lipinski definition) is 1. The molecule has 0 aromatic heterocycles. The van der Waals surface area contributed by atoms with Crippen LogP contribution in [0.2, 0.25) is 0 Å². The lowest BCUT2D eigenvalue weighted by Gasteiger charge is -2.20. The Morgan fingerprint density at radius 3 is 2.75 bits per heavy atom. The van der Waals surface area contributed by atoms with Crippen LogP contribution in [-0.2, 0) is 0 Å². The molecule has 0 fully saturated rings. The summed E-state index contributed by atoms with van der Waals surface area (Å²) >= 11 is 3.53. The molecule has 0 radical (unpaired) electrons. The van der Waals surface area contributed by atoms with Crippen LogP contribution < -0.4 is 10.6 Å². The van der Waals surface area contributed by atoms with Gasteiger partial charge in [0.05, 0.1) is 18.2 Å². The Morgan fingerprint density at radius 2 is 2.25 bits per heavy atom. The first-order valence-electron chi connectivity index (χ1n) is 5.19. The molecule has 0 amide bonds. The second kappa shape index (κ2) is 5.88. The molecule has 1 aromatic rings. The first kappa shape index (κ1) is 13.0. The Labute approximate surface area is 105 Å². The third-order valence-corrected chi connectivity index (χ3v) is 3.10. The predicted octanol–water partition coefficient (Wildman–Crippen LogP) is 2.82. The van der Waals surface area contributed by atoms with E-state index < -0.39 is 0 Å². The largest absolute Gasteiger partial charge is 0.373 e. The van der Waals surface area contributed by atoms with Crippen LogP contribution in [0.3, 0.4) is 0 Å². The average Bonchev–Trinajstić information content (AvgIpc) is 2.25. The Bertz CT molecular complexity index is 396. The Hall–Kier alpha value is -1.05. The van der Waals surface area contributed by atoms with Crippen molar-refractivity contribution in [3.05, 3.63) is 28.2 Å². The highest BCUT2D eigenvalue weighted by molar-refractivity contribution is 9.10. The SMILES string of the molecule is C[C@@H](N)c1ccc(N(C)CCC#N)c(Br)c1. The highest BCUT2D eigenvalue weighted by Crippen LogP contribution is 2.28. The third kappa shape index (κ3) is 3.22. The summed E-state index contributed by atoms with van der Waals surface area (Å²) in [5, 5.41) is 8.54. The second-order valence-corrected chi connectivity index (χ2v) is 4.68. The maximum absolute atomic E-state index is 8.54. The van der Waals surface area contributed by atoms with Crippen LogP contribution in [0, 0.1) is 11.3 Å². The Balaban J connectivity index is 2.86. The quantitative estimate of drug-likeness (QED) is 0.923. The number of anilines is 1. The fourth-order valence-corrected chi connectivity index (χ4v) is 2.15. The van der Waals surface area contributed by atoms with Crippen LogP contribution >= 0.6 is 15.9 Å². The minimum absolute atomic E-state index is 0.0368. The van der Waals surface area contributed by atoms with E-state index in [1.54, 1.807) is 0 Å². The van der Waals surface area contributed by atoms with Crippen molar-refractivity contribution in [2.24, 2.45) is 5.73 Å². The van der Waals surface area contributed by atoms with Gasteiger partial charge in [0.2, 0.25) is 0 Å². The van der Waals surface area contributed by atoms with Crippen molar-refractivity contribution in [1.29, 1.82) is 5.26 Å². The van der Waals surface area contributed by atoms with Crippen molar-refractivity contribution < 1.29 is 0 Å². The van der Waals surface area contributed by atoms with Crippen molar-refractivity contribution >= 4 is 21.6 Å². The van der Waals surface area contributed by atoms with E-state index in [0.29, 0.717) is 6.42 Å². The van der Waals surface area contributed by atoms with Crippen LogP contribution in [-0.4, -0.2) is 13.6 Å². The normalized spacial score (nSPS) is 11.9. The van der Waals surface area contributed by atoms with Gasteiger partial charge in [-0.3, -0.25) is 0 Å². The topological polar surface area (TPSA) is 53.0 Å². The maximum Gasteiger partial charge on any atom is 0.0640 e. The van der Waals surface area contributed by atoms with Gasteiger partial charge in [-0.05, 0) is 40.5 Å². The van der Waals surface area contributed by atoms with Crippen LogP contribution in [0.5, 0.6) is 0 Å². The summed E-state index contributed by atoms with van der Waals surface area (Å²) in [7, 11) is 1.98. The molecule has 16 heavy (non-hydrogen) atoms. The van der Waals surface area contributed by atoms with E-state index in [2.05, 4.69) is 26.9 Å². The Morgan fingerprint density at radius 1 is 1.56 bits per heavy atom. The van der Waals surface area contributed by atoms with Gasteiger partial charge in [0.25, 0.3) is 0 Å². The molecule has 0 unspecified atom stereocenters. The fraction of sp³-hybridized carbons (Fsp3) is 0.417. The van der Waals surface area contributed by atoms with Crippen molar-refractivity contribution in [3.8, 4) is 6.07 Å². The van der Waals surface area contributed by atoms with E-state index in [4.69, 9.17) is 11.0 Å². The number of rotatable bonds is 4. The van der Waals surface area contributed by atoms with Gasteiger partial charge in [-0.25, -0.2) is 0 Å². The lowest BCUT2D eigenvalue weighted by Crippen LogP contribution is -2.18. The predicted molar refractivity (Wildman–Crippen MR) is 70.2 cm³/mol. The molecular weight excluding hydrogens is 266 g/mol. The molecule has 0 aliphatic heterocycles. The lowest BCUT2D eigenvalue weighted by molar-refractivity contribution is 0.816. The van der Waals surface area contributed by atoms with Gasteiger partial charge in [-0.15, -0.1) is 0 Å². The molecule has 2 N–H and O–H groups in total. The van der Waals surface area contributed by atoms with E-state index in [0.717, 1.165) is 22.3 Å². The van der Waals surface area contributed by atoms with E-state index in [1.165, 1.54) is 0 Å². The van der Waals surface area contributed by atoms with Gasteiger partial charge >= 0.3 is 0 Å². The molecule has 0 saturated heterocycles. The highest BCUT2D eigenvalue weighted by atomic mass is 79.9. The van der Waals surface area contributed by atoms with Crippen LogP contribution in [0.25, 0.3) is 0 Å². The monoisotopic (exact) mass is 281 g/mol. The molecule has 4 heteroatoms. The highest BCUT2D eigenvalue weighted by Gasteiger charge is 2.07. The molecular formula is C12H16BrN3. The van der Waals surface area contributed by atoms with Crippen molar-refractivity contribution in [2.45, 2.75) is 19.4 Å². The molecule has 1 rings (SSSR count). The molecule has 3 nitrogen and oxygen atoms in total. The number of benzene rings is 1. The molecule has 0 bridgehead atoms. The zero-order valence-corrected chi connectivity index (χ0v) is 11.2. The third-order valence-electron chi connectivity index (χ3n) is 2.47. The summed E-state index contributed by atoms with van der Waals surface area (Å²) in [5.74, 6) is 0. The minimum atomic E-state index is 0.0368. The number of halogens is 1. The summed E-state index contributed by atoms with van der Waals surface area (Å²) in [5.41, 5.74) is 8.00. The van der Waals surface area contributed by atoms with Crippen molar-refractivity contribution in [1.82, 2.24) is 0 Å². The standard InChI is InChI=1S/C12H16BrN3/c1-9(15)10-4-5-12(11(13)8-10)16(2)7-3-6-14/h4-5,8-9H,3,7,15H2,1-2H3/t9-/m1/s1. The number of nitrogens with two attached hydrogens (primary N) is 1. The molecule has 1 atom stereocenters. The van der Waals surface area contributed by atoms with Crippen LogP contribution in [0.15, 0.2) is 22.7 Å². The summed E-state index contributed by atoms with van der Waals surface area (Å²) in [4.78, 5) is 2.05. The summed E-state index contributed by atoms with van der Waals surface area (Å²) in [6.45, 7) is 2.69. The lowest BCUT2D eigenvalue weighted by atomic mass is 10.1. The average molecular weight is 282 g/mol. The van der Waals surface area contributed by atoms with Gasteiger partial charge in [0.15, 0.2) is 0 Å². The van der Waals surface area contributed by atoms with E-state index in [-0.39, 0.29) is 6.04 Å². The van der Waals surface area contributed by atoms with Gasteiger partial charge in [0, 0.05) is 24.1 Å². The molecule has 0 spiro atoms. The zero-order valence-electron chi connectivity index (χ0n) is 9.57. The van der Waals surface area contributed by atoms with Gasteiger partial charge in [0.1, 0.15) is 0 Å². The first-order valence-corrected chi connectivity index (χ1v) is 5.98. The summed E-state index contributed by atoms with van der Waals surface area (Å²) in [6, 6.07) is 8.26. The van der Waals surface area contributed by atoms with Crippen molar-refractivity contribution in [2.75, 3.05) is 18.5 Å². The smallest absolute Gasteiger partial charge is 0.0640 e. The Kier molecular flexibility index (Phi) is 4.78. The molecule has 0 aliphatic carbocycles. The summed E-state index contributed by atoms with van der Waals surface area (Å²) < 4.78 is 1.02.